The van der Waals surface area contributed by atoms with Crippen LogP contribution in [-0.4, -0.2) is 0 Å². The maximum atomic E-state index is 2.35. The Bertz CT molecular complexity index is 1120. The molecule has 2 heteroatoms. The fourth-order valence-corrected chi connectivity index (χ4v) is 4.71. The van der Waals surface area contributed by atoms with Crippen molar-refractivity contribution >= 4 is 0 Å². The average Bonchev–Trinajstić information content (AvgIpc) is 2.83. The summed E-state index contributed by atoms with van der Waals surface area (Å²) in [6.45, 7) is 10.8. The van der Waals surface area contributed by atoms with E-state index in [1.54, 1.807) is 0 Å². The number of nitrogens with zero attached hydrogens (tertiary/aromatic N) is 2. The van der Waals surface area contributed by atoms with Crippen molar-refractivity contribution in [2.24, 2.45) is 0 Å². The van der Waals surface area contributed by atoms with Crippen LogP contribution in [0.5, 0.6) is 0 Å². The largest absolute Gasteiger partial charge is 0.203 e. The van der Waals surface area contributed by atoms with Gasteiger partial charge in [-0.15, -0.1) is 0 Å². The van der Waals surface area contributed by atoms with Gasteiger partial charge in [-0.2, -0.15) is 0 Å². The van der Waals surface area contributed by atoms with Gasteiger partial charge in [-0.05, 0) is 60.1 Å². The molecule has 4 aromatic rings. The van der Waals surface area contributed by atoms with Crippen molar-refractivity contribution in [3.8, 4) is 11.1 Å². The van der Waals surface area contributed by atoms with Gasteiger partial charge in [0.2, 0.25) is 0 Å². The average molecular weight is 451 g/mol. The van der Waals surface area contributed by atoms with Gasteiger partial charge >= 0.3 is 0 Å². The molecule has 2 aromatic heterocycles. The van der Waals surface area contributed by atoms with Gasteiger partial charge < -0.3 is 0 Å². The normalized spacial score (nSPS) is 11.1. The molecule has 2 aromatic carbocycles. The van der Waals surface area contributed by atoms with Crippen molar-refractivity contribution in [3.05, 3.63) is 119 Å². The molecule has 0 amide bonds. The van der Waals surface area contributed by atoms with Crippen molar-refractivity contribution in [2.75, 3.05) is 0 Å². The molecule has 0 saturated carbocycles. The van der Waals surface area contributed by atoms with E-state index < -0.39 is 0 Å². The van der Waals surface area contributed by atoms with E-state index in [0.29, 0.717) is 0 Å². The van der Waals surface area contributed by atoms with Crippen LogP contribution in [0, 0.1) is 27.7 Å². The van der Waals surface area contributed by atoms with Crippen LogP contribution in [0.25, 0.3) is 11.1 Å². The van der Waals surface area contributed by atoms with E-state index in [-0.39, 0.29) is 0 Å². The molecule has 0 spiro atoms. The van der Waals surface area contributed by atoms with Crippen molar-refractivity contribution in [2.45, 2.75) is 66.5 Å². The van der Waals surface area contributed by atoms with E-state index in [2.05, 4.69) is 122 Å². The first-order valence-electron chi connectivity index (χ1n) is 12.6. The lowest BCUT2D eigenvalue weighted by Crippen LogP contribution is -2.36. The SMILES string of the molecule is Cc1cc[n+](CCCc2ccc(-c3ccc(CCC[n+]4ccc(C)cc4C)cc3)cc2)c(C)c1. The number of rotatable bonds is 9. The van der Waals surface area contributed by atoms with E-state index in [0.717, 1.165) is 38.8 Å². The Morgan fingerprint density at radius 3 is 1.24 bits per heavy atom. The first-order chi connectivity index (χ1) is 16.5. The zero-order valence-corrected chi connectivity index (χ0v) is 21.2. The number of aromatic nitrogens is 2. The molecule has 0 aliphatic heterocycles. The maximum absolute atomic E-state index is 2.35. The minimum Gasteiger partial charge on any atom is -0.203 e. The van der Waals surface area contributed by atoms with Crippen molar-refractivity contribution < 1.29 is 9.13 Å². The fourth-order valence-electron chi connectivity index (χ4n) is 4.71. The first-order valence-corrected chi connectivity index (χ1v) is 12.6. The Morgan fingerprint density at radius 1 is 0.500 bits per heavy atom. The molecule has 174 valence electrons. The highest BCUT2D eigenvalue weighted by Crippen LogP contribution is 2.21. The Balaban J connectivity index is 1.27. The Morgan fingerprint density at radius 2 is 0.882 bits per heavy atom. The third kappa shape index (κ3) is 6.41. The highest BCUT2D eigenvalue weighted by Gasteiger charge is 2.08. The summed E-state index contributed by atoms with van der Waals surface area (Å²) in [5.74, 6) is 0. The summed E-state index contributed by atoms with van der Waals surface area (Å²) in [5, 5.41) is 0. The molecule has 0 aliphatic rings. The minimum absolute atomic E-state index is 1.07. The summed E-state index contributed by atoms with van der Waals surface area (Å²) in [5.41, 5.74) is 10.7. The van der Waals surface area contributed by atoms with Gasteiger partial charge in [0.25, 0.3) is 0 Å². The molecule has 0 bridgehead atoms. The number of aryl methyl sites for hydroxylation is 8. The van der Waals surface area contributed by atoms with E-state index in [4.69, 9.17) is 0 Å². The topological polar surface area (TPSA) is 7.76 Å². The molecular formula is C32H38N2+2. The summed E-state index contributed by atoms with van der Waals surface area (Å²) in [6, 6.07) is 27.1. The van der Waals surface area contributed by atoms with Crippen LogP contribution in [0.2, 0.25) is 0 Å². The van der Waals surface area contributed by atoms with Gasteiger partial charge in [0.05, 0.1) is 0 Å². The molecule has 0 N–H and O–H groups in total. The van der Waals surface area contributed by atoms with Crippen molar-refractivity contribution in [1.82, 2.24) is 0 Å². The molecule has 0 aliphatic carbocycles. The summed E-state index contributed by atoms with van der Waals surface area (Å²) >= 11 is 0. The fraction of sp³-hybridized carbons (Fsp3) is 0.312. The second-order valence-corrected chi connectivity index (χ2v) is 9.68. The van der Waals surface area contributed by atoms with Crippen LogP contribution in [-0.2, 0) is 25.9 Å². The standard InChI is InChI=1S/C32H38N2/c1-25-17-21-33(27(3)23-25)19-5-7-29-9-13-31(14-10-29)32-15-11-30(12-16-32)8-6-20-34-22-18-26(2)24-28(34)4/h9-18,21-24H,5-8,19-20H2,1-4H3/q+2. The Labute approximate surface area is 205 Å². The number of hydrogen-bond acceptors (Lipinski definition) is 0. The highest BCUT2D eigenvalue weighted by molar-refractivity contribution is 5.64. The zero-order valence-electron chi connectivity index (χ0n) is 21.2. The summed E-state index contributed by atoms with van der Waals surface area (Å²) in [7, 11) is 0. The van der Waals surface area contributed by atoms with Crippen molar-refractivity contribution in [3.63, 3.8) is 0 Å². The second-order valence-electron chi connectivity index (χ2n) is 9.68. The smallest absolute Gasteiger partial charge is 0.178 e. The quantitative estimate of drug-likeness (QED) is 0.260. The third-order valence-electron chi connectivity index (χ3n) is 6.78. The van der Waals surface area contributed by atoms with Crippen LogP contribution in [0.3, 0.4) is 0 Å². The molecule has 4 rings (SSSR count). The van der Waals surface area contributed by atoms with E-state index in [1.165, 1.54) is 44.8 Å². The molecule has 0 unspecified atom stereocenters. The molecule has 0 saturated heterocycles. The Hall–Kier alpha value is -3.26. The molecule has 34 heavy (non-hydrogen) atoms. The van der Waals surface area contributed by atoms with Gasteiger partial charge in [-0.3, -0.25) is 0 Å². The van der Waals surface area contributed by atoms with Crippen LogP contribution < -0.4 is 9.13 Å². The monoisotopic (exact) mass is 450 g/mol. The molecular weight excluding hydrogens is 412 g/mol. The highest BCUT2D eigenvalue weighted by atomic mass is 14.9. The number of pyridine rings is 2. The van der Waals surface area contributed by atoms with E-state index in [1.807, 2.05) is 0 Å². The predicted molar refractivity (Wildman–Crippen MR) is 141 cm³/mol. The maximum Gasteiger partial charge on any atom is 0.178 e. The minimum atomic E-state index is 1.07. The lowest BCUT2D eigenvalue weighted by molar-refractivity contribution is -0.703. The lowest BCUT2D eigenvalue weighted by atomic mass is 10.00. The van der Waals surface area contributed by atoms with Gasteiger partial charge in [-0.25, -0.2) is 9.13 Å². The van der Waals surface area contributed by atoms with E-state index in [9.17, 15) is 0 Å². The third-order valence-corrected chi connectivity index (χ3v) is 6.78. The lowest BCUT2D eigenvalue weighted by Gasteiger charge is -2.07. The van der Waals surface area contributed by atoms with E-state index >= 15 is 0 Å². The van der Waals surface area contributed by atoms with Crippen LogP contribution in [0.1, 0.15) is 46.5 Å². The Kier molecular flexibility index (Phi) is 7.90. The van der Waals surface area contributed by atoms with Gasteiger partial charge in [0.1, 0.15) is 13.1 Å². The summed E-state index contributed by atoms with van der Waals surface area (Å²) in [6.07, 6.45) is 8.95. The molecule has 2 nitrogen and oxygen atoms in total. The second kappa shape index (κ2) is 11.2. The molecule has 2 heterocycles. The van der Waals surface area contributed by atoms with Crippen LogP contribution in [0.4, 0.5) is 0 Å². The number of benzene rings is 2. The van der Waals surface area contributed by atoms with Gasteiger partial charge in [-0.1, -0.05) is 48.5 Å². The zero-order chi connectivity index (χ0) is 23.9. The predicted octanol–water partition coefficient (Wildman–Crippen LogP) is 6.43. The number of hydrogen-bond donors (Lipinski definition) is 0. The first kappa shape index (κ1) is 23.9. The summed E-state index contributed by atoms with van der Waals surface area (Å²) in [4.78, 5) is 0. The molecule has 0 radical (unpaired) electrons. The van der Waals surface area contributed by atoms with Gasteiger partial charge in [0, 0.05) is 51.0 Å². The van der Waals surface area contributed by atoms with Gasteiger partial charge in [0.15, 0.2) is 23.8 Å². The summed E-state index contributed by atoms with van der Waals surface area (Å²) < 4.78 is 4.70. The van der Waals surface area contributed by atoms with Crippen molar-refractivity contribution in [1.29, 1.82) is 0 Å². The molecule has 0 fully saturated rings. The molecule has 0 atom stereocenters. The van der Waals surface area contributed by atoms with Crippen LogP contribution in [0.15, 0.2) is 85.2 Å². The van der Waals surface area contributed by atoms with Crippen LogP contribution >= 0.6 is 0 Å².